The maximum atomic E-state index is 12.1. The second-order valence-electron chi connectivity index (χ2n) is 4.93. The largest absolute Gasteiger partial charge is 0.366 e. The Hall–Kier alpha value is -0.550. The van der Waals surface area contributed by atoms with Gasteiger partial charge in [0.05, 0.1) is 15.7 Å². The number of rotatable bonds is 6. The van der Waals surface area contributed by atoms with Crippen molar-refractivity contribution in [1.29, 1.82) is 0 Å². The van der Waals surface area contributed by atoms with Gasteiger partial charge in [0.2, 0.25) is 0 Å². The van der Waals surface area contributed by atoms with Crippen molar-refractivity contribution in [2.75, 3.05) is 31.1 Å². The molecule has 0 unspecified atom stereocenters. The molecule has 2 rings (SSSR count). The number of likely N-dealkylation sites (N-methyl/N-ethyl adjacent to an activating group) is 1. The number of thioether (sulfide) groups is 2. The molecule has 23 heavy (non-hydrogen) atoms. The smallest absolute Gasteiger partial charge is 0.266 e. The third kappa shape index (κ3) is 5.21. The molecule has 1 amide bonds. The average molecular weight is 395 g/mol. The second-order valence-corrected chi connectivity index (χ2v) is 9.29. The van der Waals surface area contributed by atoms with E-state index < -0.39 is 10.1 Å². The molecule has 0 spiro atoms. The van der Waals surface area contributed by atoms with E-state index in [9.17, 15) is 13.2 Å². The predicted molar refractivity (Wildman–Crippen MR) is 98.8 cm³/mol. The van der Waals surface area contributed by atoms with Crippen molar-refractivity contribution < 1.29 is 17.8 Å². The van der Waals surface area contributed by atoms with Gasteiger partial charge in [-0.2, -0.15) is 8.42 Å². The lowest BCUT2D eigenvalue weighted by molar-refractivity contribution is -0.122. The Kier molecular flexibility index (Phi) is 6.55. The lowest BCUT2D eigenvalue weighted by atomic mass is 10.4. The van der Waals surface area contributed by atoms with Crippen LogP contribution in [0.4, 0.5) is 0 Å². The van der Waals surface area contributed by atoms with E-state index in [2.05, 4.69) is 4.90 Å². The van der Waals surface area contributed by atoms with E-state index >= 15 is 0 Å². The van der Waals surface area contributed by atoms with Crippen molar-refractivity contribution >= 4 is 56.1 Å². The Morgan fingerprint density at radius 2 is 2.13 bits per heavy atom. The highest BCUT2D eigenvalue weighted by molar-refractivity contribution is 8.26. The molecule has 0 atom stereocenters. The van der Waals surface area contributed by atoms with Crippen molar-refractivity contribution in [3.05, 3.63) is 22.1 Å². The van der Waals surface area contributed by atoms with Crippen molar-refractivity contribution in [2.24, 2.45) is 0 Å². The van der Waals surface area contributed by atoms with Gasteiger partial charge in [0, 0.05) is 25.4 Å². The van der Waals surface area contributed by atoms with Crippen molar-refractivity contribution in [3.8, 4) is 0 Å². The molecule has 0 aliphatic carbocycles. The van der Waals surface area contributed by atoms with Gasteiger partial charge in [-0.15, -0.1) is 11.8 Å². The molecule has 2 aliphatic rings. The summed E-state index contributed by atoms with van der Waals surface area (Å²) in [5, 5.41) is 1.00. The average Bonchev–Trinajstić information content (AvgIpc) is 3.00. The fraction of sp³-hybridized carbons (Fsp3) is 0.538. The zero-order valence-electron chi connectivity index (χ0n) is 12.6. The molecular weight excluding hydrogens is 376 g/mol. The minimum Gasteiger partial charge on any atom is -0.366 e. The molecule has 0 saturated carbocycles. The lowest BCUT2D eigenvalue weighted by Crippen LogP contribution is -2.27. The molecule has 6 nitrogen and oxygen atoms in total. The number of hydrogen-bond donors (Lipinski definition) is 1. The van der Waals surface area contributed by atoms with Gasteiger partial charge in [-0.05, 0) is 25.5 Å². The van der Waals surface area contributed by atoms with Gasteiger partial charge in [-0.1, -0.05) is 24.0 Å². The Labute approximate surface area is 150 Å². The minimum atomic E-state index is -3.91. The zero-order chi connectivity index (χ0) is 17.0. The second kappa shape index (κ2) is 8.02. The van der Waals surface area contributed by atoms with Crippen molar-refractivity contribution in [2.45, 2.75) is 13.3 Å². The molecule has 2 fully saturated rings. The summed E-state index contributed by atoms with van der Waals surface area (Å²) in [5.41, 5.74) is 0. The number of carbonyl (C=O) groups excluding carboxylic acids is 1. The summed E-state index contributed by atoms with van der Waals surface area (Å²) < 4.78 is 30.9. The van der Waals surface area contributed by atoms with Crippen LogP contribution >= 0.6 is 35.7 Å². The molecule has 1 N–H and O–H groups in total. The first-order valence-electron chi connectivity index (χ1n) is 7.10. The molecule has 0 bridgehead atoms. The number of hydrogen-bond acceptors (Lipinski definition) is 7. The third-order valence-corrected chi connectivity index (χ3v) is 6.60. The number of amides is 1. The Morgan fingerprint density at radius 3 is 2.74 bits per heavy atom. The van der Waals surface area contributed by atoms with Crippen LogP contribution in [0, 0.1) is 0 Å². The van der Waals surface area contributed by atoms with Gasteiger partial charge >= 0.3 is 0 Å². The molecule has 2 heterocycles. The first kappa shape index (κ1) is 18.8. The van der Waals surface area contributed by atoms with E-state index in [-0.39, 0.29) is 11.7 Å². The normalized spacial score (nSPS) is 22.9. The molecule has 0 aromatic carbocycles. The van der Waals surface area contributed by atoms with Crippen molar-refractivity contribution in [1.82, 2.24) is 9.80 Å². The van der Waals surface area contributed by atoms with Gasteiger partial charge < -0.3 is 4.90 Å². The van der Waals surface area contributed by atoms with E-state index in [1.807, 2.05) is 13.0 Å². The summed E-state index contributed by atoms with van der Waals surface area (Å²) in [6.45, 7) is 3.83. The highest BCUT2D eigenvalue weighted by Gasteiger charge is 2.30. The highest BCUT2D eigenvalue weighted by Crippen LogP contribution is 2.32. The molecule has 0 aromatic rings. The topological polar surface area (TPSA) is 77.9 Å². The van der Waals surface area contributed by atoms with Crippen LogP contribution in [0.25, 0.3) is 0 Å². The quantitative estimate of drug-likeness (QED) is 0.416. The minimum absolute atomic E-state index is 0.0692. The van der Waals surface area contributed by atoms with Crippen LogP contribution in [0.3, 0.4) is 0 Å². The van der Waals surface area contributed by atoms with Crippen LogP contribution in [-0.2, 0) is 14.9 Å². The zero-order valence-corrected chi connectivity index (χ0v) is 15.9. The van der Waals surface area contributed by atoms with Gasteiger partial charge in [-0.3, -0.25) is 14.2 Å². The first-order valence-corrected chi connectivity index (χ1v) is 10.9. The van der Waals surface area contributed by atoms with E-state index in [1.54, 1.807) is 22.7 Å². The molecule has 10 heteroatoms. The summed E-state index contributed by atoms with van der Waals surface area (Å²) in [7, 11) is -3.91. The standard InChI is InChI=1S/C13H18N2O4S4/c1-2-15-12(16)10(22-13(15)20)4-5-11-14(7-8-21-11)6-3-9-23(17,18)19/h4-5H,2-3,6-9H2,1H3,(H,17,18,19)/b10-4+,11-5+. The Morgan fingerprint density at radius 1 is 1.39 bits per heavy atom. The first-order chi connectivity index (χ1) is 10.8. The summed E-state index contributed by atoms with van der Waals surface area (Å²) in [4.78, 5) is 16.4. The van der Waals surface area contributed by atoms with Gasteiger partial charge in [-0.25, -0.2) is 0 Å². The van der Waals surface area contributed by atoms with E-state index in [1.165, 1.54) is 11.8 Å². The van der Waals surface area contributed by atoms with E-state index in [0.717, 1.165) is 17.3 Å². The SMILES string of the molecule is CCN1C(=O)/C(=C\C=C2\SCCN2CCCS(=O)(=O)O)SC1=S. The van der Waals surface area contributed by atoms with Crippen LogP contribution in [0.1, 0.15) is 13.3 Å². The number of nitrogens with zero attached hydrogens (tertiary/aromatic N) is 2. The number of allylic oxidation sites excluding steroid dienone is 2. The number of carbonyl (C=O) groups is 1. The Bertz CT molecular complexity index is 657. The summed E-state index contributed by atoms with van der Waals surface area (Å²) in [5.74, 6) is 0.609. The molecule has 2 saturated heterocycles. The summed E-state index contributed by atoms with van der Waals surface area (Å²) in [6.07, 6.45) is 4.03. The fourth-order valence-electron chi connectivity index (χ4n) is 2.21. The Balaban J connectivity index is 1.99. The summed E-state index contributed by atoms with van der Waals surface area (Å²) in [6, 6.07) is 0. The van der Waals surface area contributed by atoms with Gasteiger partial charge in [0.25, 0.3) is 16.0 Å². The monoisotopic (exact) mass is 394 g/mol. The maximum absolute atomic E-state index is 12.1. The highest BCUT2D eigenvalue weighted by atomic mass is 32.2. The van der Waals surface area contributed by atoms with E-state index in [4.69, 9.17) is 16.8 Å². The van der Waals surface area contributed by atoms with E-state index in [0.29, 0.717) is 28.7 Å². The lowest BCUT2D eigenvalue weighted by Gasteiger charge is -2.18. The molecule has 0 aromatic heterocycles. The van der Waals surface area contributed by atoms with Gasteiger partial charge in [0.1, 0.15) is 4.32 Å². The van der Waals surface area contributed by atoms with Crippen LogP contribution in [0.2, 0.25) is 0 Å². The van der Waals surface area contributed by atoms with Crippen molar-refractivity contribution in [3.63, 3.8) is 0 Å². The maximum Gasteiger partial charge on any atom is 0.266 e. The predicted octanol–water partition coefficient (Wildman–Crippen LogP) is 1.92. The van der Waals surface area contributed by atoms with Crippen LogP contribution in [-0.4, -0.2) is 64.1 Å². The fourth-order valence-corrected chi connectivity index (χ4v) is 5.08. The summed E-state index contributed by atoms with van der Waals surface area (Å²) >= 11 is 8.13. The van der Waals surface area contributed by atoms with Crippen LogP contribution < -0.4 is 0 Å². The van der Waals surface area contributed by atoms with Crippen LogP contribution in [0.5, 0.6) is 0 Å². The van der Waals surface area contributed by atoms with Crippen LogP contribution in [0.15, 0.2) is 22.1 Å². The molecule has 2 aliphatic heterocycles. The molecule has 0 radical (unpaired) electrons. The molecule has 128 valence electrons. The third-order valence-electron chi connectivity index (χ3n) is 3.32. The molecular formula is C13H18N2O4S4. The number of thiocarbonyl (C=S) groups is 1. The van der Waals surface area contributed by atoms with Gasteiger partial charge in [0.15, 0.2) is 0 Å².